The number of rotatable bonds is 3. The molecule has 0 saturated heterocycles. The molecule has 2 aromatic rings. The van der Waals surface area contributed by atoms with Gasteiger partial charge in [0.2, 0.25) is 5.88 Å². The van der Waals surface area contributed by atoms with Crippen LogP contribution < -0.4 is 10.5 Å². The van der Waals surface area contributed by atoms with E-state index in [9.17, 15) is 9.59 Å². The predicted molar refractivity (Wildman–Crippen MR) is 75.8 cm³/mol. The van der Waals surface area contributed by atoms with E-state index in [1.54, 1.807) is 36.5 Å². The Morgan fingerprint density at radius 2 is 2.05 bits per heavy atom. The molecule has 21 heavy (non-hydrogen) atoms. The number of anilines is 1. The van der Waals surface area contributed by atoms with Crippen LogP contribution in [0.2, 0.25) is 0 Å². The minimum absolute atomic E-state index is 0.157. The topological polar surface area (TPSA) is 85.5 Å². The molecule has 0 unspecified atom stereocenters. The van der Waals surface area contributed by atoms with Crippen molar-refractivity contribution in [2.24, 2.45) is 0 Å². The summed E-state index contributed by atoms with van der Waals surface area (Å²) in [5, 5.41) is 0. The first-order valence-corrected chi connectivity index (χ1v) is 6.35. The number of hydrogen-bond donors (Lipinski definition) is 1. The Kier molecular flexibility index (Phi) is 3.06. The summed E-state index contributed by atoms with van der Waals surface area (Å²) < 4.78 is 5.03. The van der Waals surface area contributed by atoms with Crippen LogP contribution in [0.3, 0.4) is 0 Å². The van der Waals surface area contributed by atoms with Crippen molar-refractivity contribution < 1.29 is 14.3 Å². The summed E-state index contributed by atoms with van der Waals surface area (Å²) in [6, 6.07) is 8.31. The number of fused-ring (bicyclic) bond motifs is 1. The molecule has 0 aliphatic carbocycles. The van der Waals surface area contributed by atoms with Crippen molar-refractivity contribution in [3.8, 4) is 5.88 Å². The fraction of sp³-hybridized carbons (Fsp3) is 0.133. The molecule has 0 spiro atoms. The minimum atomic E-state index is -0.371. The van der Waals surface area contributed by atoms with Gasteiger partial charge in [-0.2, -0.15) is 0 Å². The quantitative estimate of drug-likeness (QED) is 0.681. The van der Waals surface area contributed by atoms with Crippen molar-refractivity contribution in [3.63, 3.8) is 0 Å². The fourth-order valence-electron chi connectivity index (χ4n) is 2.35. The molecule has 1 aromatic carbocycles. The number of pyridine rings is 1. The normalized spacial score (nSPS) is 13.5. The largest absolute Gasteiger partial charge is 0.481 e. The van der Waals surface area contributed by atoms with Crippen LogP contribution in [0.1, 0.15) is 26.3 Å². The molecule has 2 N–H and O–H groups in total. The third-order valence-electron chi connectivity index (χ3n) is 3.38. The van der Waals surface area contributed by atoms with E-state index in [4.69, 9.17) is 10.5 Å². The molecule has 6 heteroatoms. The number of imide groups is 1. The maximum absolute atomic E-state index is 12.4. The molecule has 0 atom stereocenters. The van der Waals surface area contributed by atoms with Gasteiger partial charge in [-0.05, 0) is 23.8 Å². The SMILES string of the molecule is COc1cc(CN2C(=O)c3cccc(N)c3C2=O)ccn1. The second kappa shape index (κ2) is 4.90. The number of hydrogen-bond acceptors (Lipinski definition) is 5. The monoisotopic (exact) mass is 283 g/mol. The number of methoxy groups -OCH3 is 1. The van der Waals surface area contributed by atoms with Crippen LogP contribution in [0.4, 0.5) is 5.69 Å². The smallest absolute Gasteiger partial charge is 0.263 e. The second-order valence-electron chi connectivity index (χ2n) is 4.67. The van der Waals surface area contributed by atoms with Crippen LogP contribution in [-0.2, 0) is 6.54 Å². The summed E-state index contributed by atoms with van der Waals surface area (Å²) in [5.74, 6) is -0.273. The number of aromatic nitrogens is 1. The lowest BCUT2D eigenvalue weighted by molar-refractivity contribution is 0.0642. The van der Waals surface area contributed by atoms with E-state index < -0.39 is 0 Å². The van der Waals surface area contributed by atoms with Gasteiger partial charge in [0, 0.05) is 18.0 Å². The van der Waals surface area contributed by atoms with Gasteiger partial charge in [-0.15, -0.1) is 0 Å². The third kappa shape index (κ3) is 2.10. The lowest BCUT2D eigenvalue weighted by Crippen LogP contribution is -2.29. The van der Waals surface area contributed by atoms with Gasteiger partial charge in [0.25, 0.3) is 11.8 Å². The molecule has 1 aliphatic heterocycles. The van der Waals surface area contributed by atoms with Crippen LogP contribution in [0, 0.1) is 0 Å². The highest BCUT2D eigenvalue weighted by Gasteiger charge is 2.36. The van der Waals surface area contributed by atoms with Gasteiger partial charge in [0.05, 0.1) is 24.8 Å². The lowest BCUT2D eigenvalue weighted by Gasteiger charge is -2.14. The highest BCUT2D eigenvalue weighted by atomic mass is 16.5. The molecule has 0 bridgehead atoms. The zero-order chi connectivity index (χ0) is 15.0. The Balaban J connectivity index is 1.93. The first kappa shape index (κ1) is 13.1. The molecule has 3 rings (SSSR count). The number of nitrogen functional groups attached to an aromatic ring is 1. The van der Waals surface area contributed by atoms with E-state index in [2.05, 4.69) is 4.98 Å². The zero-order valence-electron chi connectivity index (χ0n) is 11.4. The summed E-state index contributed by atoms with van der Waals surface area (Å²) in [5.41, 5.74) is 7.50. The van der Waals surface area contributed by atoms with Crippen LogP contribution in [0.25, 0.3) is 0 Å². The van der Waals surface area contributed by atoms with Crippen LogP contribution in [0.5, 0.6) is 5.88 Å². The van der Waals surface area contributed by atoms with Gasteiger partial charge in [0.1, 0.15) is 0 Å². The minimum Gasteiger partial charge on any atom is -0.481 e. The van der Waals surface area contributed by atoms with E-state index in [0.29, 0.717) is 17.1 Å². The zero-order valence-corrected chi connectivity index (χ0v) is 11.4. The molecular formula is C15H13N3O3. The van der Waals surface area contributed by atoms with Gasteiger partial charge < -0.3 is 10.5 Å². The van der Waals surface area contributed by atoms with Gasteiger partial charge in [-0.1, -0.05) is 6.07 Å². The van der Waals surface area contributed by atoms with E-state index in [1.807, 2.05) is 0 Å². The second-order valence-corrected chi connectivity index (χ2v) is 4.67. The predicted octanol–water partition coefficient (Wildman–Crippen LogP) is 1.47. The van der Waals surface area contributed by atoms with E-state index >= 15 is 0 Å². The van der Waals surface area contributed by atoms with Crippen molar-refractivity contribution in [3.05, 3.63) is 53.2 Å². The van der Waals surface area contributed by atoms with Crippen molar-refractivity contribution in [2.75, 3.05) is 12.8 Å². The Morgan fingerprint density at radius 3 is 2.76 bits per heavy atom. The molecule has 1 aromatic heterocycles. The van der Waals surface area contributed by atoms with Gasteiger partial charge in [-0.3, -0.25) is 14.5 Å². The van der Waals surface area contributed by atoms with Crippen LogP contribution >= 0.6 is 0 Å². The molecule has 0 fully saturated rings. The molecule has 2 amide bonds. The summed E-state index contributed by atoms with van der Waals surface area (Å²) in [6.07, 6.45) is 1.57. The average Bonchev–Trinajstić information content (AvgIpc) is 2.74. The summed E-state index contributed by atoms with van der Waals surface area (Å²) in [4.78, 5) is 29.9. The lowest BCUT2D eigenvalue weighted by atomic mass is 10.1. The van der Waals surface area contributed by atoms with E-state index in [1.165, 1.54) is 12.0 Å². The number of nitrogens with zero attached hydrogens (tertiary/aromatic N) is 2. The Labute approximate surface area is 121 Å². The van der Waals surface area contributed by atoms with Crippen LogP contribution in [0.15, 0.2) is 36.5 Å². The molecule has 106 valence electrons. The maximum Gasteiger partial charge on any atom is 0.263 e. The van der Waals surface area contributed by atoms with E-state index in [0.717, 1.165) is 5.56 Å². The van der Waals surface area contributed by atoms with Crippen molar-refractivity contribution in [2.45, 2.75) is 6.54 Å². The Hall–Kier alpha value is -2.89. The summed E-state index contributed by atoms with van der Waals surface area (Å²) in [7, 11) is 1.51. The highest BCUT2D eigenvalue weighted by Crippen LogP contribution is 2.28. The first-order valence-electron chi connectivity index (χ1n) is 6.35. The number of benzene rings is 1. The first-order chi connectivity index (χ1) is 10.1. The maximum atomic E-state index is 12.4. The van der Waals surface area contributed by atoms with Gasteiger partial charge in [0.15, 0.2) is 0 Å². The number of amides is 2. The molecule has 0 saturated carbocycles. The molecule has 2 heterocycles. The Bertz CT molecular complexity index is 743. The summed E-state index contributed by atoms with van der Waals surface area (Å²) in [6.45, 7) is 0.157. The van der Waals surface area contributed by atoms with E-state index in [-0.39, 0.29) is 23.9 Å². The fourth-order valence-corrected chi connectivity index (χ4v) is 2.35. The molecule has 6 nitrogen and oxygen atoms in total. The summed E-state index contributed by atoms with van der Waals surface area (Å²) >= 11 is 0. The van der Waals surface area contributed by atoms with Crippen molar-refractivity contribution >= 4 is 17.5 Å². The standard InChI is InChI=1S/C15H13N3O3/c1-21-12-7-9(5-6-17-12)8-18-14(19)10-3-2-4-11(16)13(10)15(18)20/h2-7H,8,16H2,1H3. The van der Waals surface area contributed by atoms with Crippen LogP contribution in [-0.4, -0.2) is 28.8 Å². The number of carbonyl (C=O) groups is 2. The molecular weight excluding hydrogens is 270 g/mol. The average molecular weight is 283 g/mol. The highest BCUT2D eigenvalue weighted by molar-refractivity contribution is 6.23. The van der Waals surface area contributed by atoms with Gasteiger partial charge in [-0.25, -0.2) is 4.98 Å². The number of ether oxygens (including phenoxy) is 1. The molecule has 1 aliphatic rings. The number of carbonyl (C=O) groups excluding carboxylic acids is 2. The van der Waals surface area contributed by atoms with Crippen molar-refractivity contribution in [1.29, 1.82) is 0 Å². The number of nitrogens with two attached hydrogens (primary N) is 1. The third-order valence-corrected chi connectivity index (χ3v) is 3.38. The molecule has 0 radical (unpaired) electrons. The Morgan fingerprint density at radius 1 is 1.24 bits per heavy atom. The van der Waals surface area contributed by atoms with Crippen molar-refractivity contribution in [1.82, 2.24) is 9.88 Å². The van der Waals surface area contributed by atoms with Gasteiger partial charge >= 0.3 is 0 Å².